The van der Waals surface area contributed by atoms with Crippen molar-refractivity contribution in [1.82, 2.24) is 14.9 Å². The van der Waals surface area contributed by atoms with Gasteiger partial charge in [-0.1, -0.05) is 0 Å². The van der Waals surface area contributed by atoms with Crippen molar-refractivity contribution in [3.63, 3.8) is 0 Å². The van der Waals surface area contributed by atoms with Crippen LogP contribution < -0.4 is 4.90 Å². The molecule has 17 heavy (non-hydrogen) atoms. The number of nitrogens with zero attached hydrogens (tertiary/aromatic N) is 4. The van der Waals surface area contributed by atoms with Crippen molar-refractivity contribution < 1.29 is 0 Å². The number of likely N-dealkylation sites (tertiary alicyclic amines) is 1. The lowest BCUT2D eigenvalue weighted by atomic mass is 9.96. The Balaban J connectivity index is 1.80. The zero-order valence-corrected chi connectivity index (χ0v) is 10.7. The van der Waals surface area contributed by atoms with E-state index in [1.807, 2.05) is 6.92 Å². The monoisotopic (exact) mass is 232 g/mol. The normalized spacial score (nSPS) is 29.4. The molecule has 0 aromatic carbocycles. The molecule has 2 aliphatic rings. The van der Waals surface area contributed by atoms with E-state index in [-0.39, 0.29) is 0 Å². The molecule has 0 saturated carbocycles. The van der Waals surface area contributed by atoms with Crippen LogP contribution in [0.3, 0.4) is 0 Å². The zero-order chi connectivity index (χ0) is 11.9. The molecular formula is C13H20N4. The van der Waals surface area contributed by atoms with Crippen LogP contribution in [0, 0.1) is 6.92 Å². The second-order valence-corrected chi connectivity index (χ2v) is 5.44. The van der Waals surface area contributed by atoms with Gasteiger partial charge in [-0.25, -0.2) is 9.97 Å². The summed E-state index contributed by atoms with van der Waals surface area (Å²) in [7, 11) is 2.27. The first-order valence-corrected chi connectivity index (χ1v) is 6.44. The number of hydrogen-bond acceptors (Lipinski definition) is 4. The van der Waals surface area contributed by atoms with Gasteiger partial charge in [-0.3, -0.25) is 4.90 Å². The summed E-state index contributed by atoms with van der Waals surface area (Å²) in [5.41, 5.74) is 1.47. The van der Waals surface area contributed by atoms with Crippen molar-refractivity contribution in [1.29, 1.82) is 0 Å². The molecule has 0 bridgehead atoms. The molecule has 1 aromatic rings. The van der Waals surface area contributed by atoms with Crippen LogP contribution in [0.25, 0.3) is 0 Å². The number of aryl methyl sites for hydroxylation is 1. The summed E-state index contributed by atoms with van der Waals surface area (Å²) in [5.74, 6) is 1.09. The minimum Gasteiger partial charge on any atom is -0.355 e. The molecule has 2 fully saturated rings. The Morgan fingerprint density at radius 1 is 1.24 bits per heavy atom. The van der Waals surface area contributed by atoms with Crippen molar-refractivity contribution in [2.45, 2.75) is 31.7 Å². The maximum Gasteiger partial charge on any atom is 0.132 e. The van der Waals surface area contributed by atoms with E-state index in [9.17, 15) is 0 Å². The van der Waals surface area contributed by atoms with Crippen LogP contribution in [0.4, 0.5) is 5.82 Å². The highest BCUT2D eigenvalue weighted by Gasteiger charge is 2.44. The van der Waals surface area contributed by atoms with Gasteiger partial charge in [-0.05, 0) is 39.8 Å². The molecule has 3 rings (SSSR count). The van der Waals surface area contributed by atoms with Gasteiger partial charge in [0.2, 0.25) is 0 Å². The molecule has 0 radical (unpaired) electrons. The van der Waals surface area contributed by atoms with Gasteiger partial charge in [0, 0.05) is 30.4 Å². The van der Waals surface area contributed by atoms with Crippen LogP contribution in [-0.4, -0.2) is 47.1 Å². The maximum atomic E-state index is 4.40. The van der Waals surface area contributed by atoms with Crippen LogP contribution in [0.15, 0.2) is 12.4 Å². The van der Waals surface area contributed by atoms with Gasteiger partial charge in [-0.15, -0.1) is 0 Å². The summed E-state index contributed by atoms with van der Waals surface area (Å²) in [6, 6.07) is 2.09. The lowest BCUT2D eigenvalue weighted by Crippen LogP contribution is -2.43. The molecule has 4 heteroatoms. The molecule has 1 spiro atoms. The van der Waals surface area contributed by atoms with Crippen LogP contribution in [0.5, 0.6) is 0 Å². The van der Waals surface area contributed by atoms with Gasteiger partial charge >= 0.3 is 0 Å². The number of rotatable bonds is 1. The SMILES string of the molecule is Cc1cc(N2CC[C@@]3(CCCN3C)C2)ncn1. The van der Waals surface area contributed by atoms with Crippen molar-refractivity contribution >= 4 is 5.82 Å². The van der Waals surface area contributed by atoms with E-state index < -0.39 is 0 Å². The standard InChI is InChI=1S/C13H20N4/c1-11-8-12(15-10-14-11)17-7-5-13(9-17)4-3-6-16(13)2/h8,10H,3-7,9H2,1-2H3/t13-/m0/s1. The molecule has 0 amide bonds. The van der Waals surface area contributed by atoms with E-state index in [1.165, 1.54) is 25.8 Å². The molecule has 3 heterocycles. The second kappa shape index (κ2) is 3.95. The Kier molecular flexibility index (Phi) is 2.54. The first-order valence-electron chi connectivity index (χ1n) is 6.44. The maximum absolute atomic E-state index is 4.40. The lowest BCUT2D eigenvalue weighted by Gasteiger charge is -2.32. The first kappa shape index (κ1) is 11.0. The molecule has 0 unspecified atom stereocenters. The summed E-state index contributed by atoms with van der Waals surface area (Å²) in [5, 5.41) is 0. The fourth-order valence-corrected chi connectivity index (χ4v) is 3.25. The van der Waals surface area contributed by atoms with E-state index in [2.05, 4.69) is 32.9 Å². The average Bonchev–Trinajstić information content (AvgIpc) is 2.89. The summed E-state index contributed by atoms with van der Waals surface area (Å²) in [6.07, 6.45) is 5.62. The van der Waals surface area contributed by atoms with Gasteiger partial charge in [0.25, 0.3) is 0 Å². The number of hydrogen-bond donors (Lipinski definition) is 0. The second-order valence-electron chi connectivity index (χ2n) is 5.44. The van der Waals surface area contributed by atoms with Crippen molar-refractivity contribution in [3.05, 3.63) is 18.1 Å². The molecular weight excluding hydrogens is 212 g/mol. The van der Waals surface area contributed by atoms with Crippen molar-refractivity contribution in [3.8, 4) is 0 Å². The van der Waals surface area contributed by atoms with Gasteiger partial charge in [0.1, 0.15) is 12.1 Å². The zero-order valence-electron chi connectivity index (χ0n) is 10.7. The minimum atomic E-state index is 0.416. The Morgan fingerprint density at radius 3 is 2.82 bits per heavy atom. The highest BCUT2D eigenvalue weighted by atomic mass is 15.3. The van der Waals surface area contributed by atoms with E-state index >= 15 is 0 Å². The predicted octanol–water partition coefficient (Wildman–Crippen LogP) is 1.46. The van der Waals surface area contributed by atoms with Gasteiger partial charge in [0.05, 0.1) is 0 Å². The van der Waals surface area contributed by atoms with Crippen LogP contribution >= 0.6 is 0 Å². The topological polar surface area (TPSA) is 32.3 Å². The fourth-order valence-electron chi connectivity index (χ4n) is 3.25. The van der Waals surface area contributed by atoms with E-state index in [4.69, 9.17) is 0 Å². The van der Waals surface area contributed by atoms with E-state index in [1.54, 1.807) is 6.33 Å². The third kappa shape index (κ3) is 1.80. The summed E-state index contributed by atoms with van der Waals surface area (Å²) >= 11 is 0. The molecule has 1 atom stereocenters. The van der Waals surface area contributed by atoms with Crippen molar-refractivity contribution in [2.24, 2.45) is 0 Å². The predicted molar refractivity (Wildman–Crippen MR) is 68.2 cm³/mol. The molecule has 0 aliphatic carbocycles. The summed E-state index contributed by atoms with van der Waals surface area (Å²) < 4.78 is 0. The third-order valence-corrected chi connectivity index (χ3v) is 4.39. The van der Waals surface area contributed by atoms with E-state index in [0.29, 0.717) is 5.54 Å². The van der Waals surface area contributed by atoms with Gasteiger partial charge in [0.15, 0.2) is 0 Å². The van der Waals surface area contributed by atoms with Crippen LogP contribution in [0.2, 0.25) is 0 Å². The van der Waals surface area contributed by atoms with Gasteiger partial charge in [-0.2, -0.15) is 0 Å². The first-order chi connectivity index (χ1) is 8.20. The molecule has 0 N–H and O–H groups in total. The smallest absolute Gasteiger partial charge is 0.132 e. The summed E-state index contributed by atoms with van der Waals surface area (Å²) in [4.78, 5) is 13.5. The number of anilines is 1. The molecule has 92 valence electrons. The summed E-state index contributed by atoms with van der Waals surface area (Å²) in [6.45, 7) is 5.52. The lowest BCUT2D eigenvalue weighted by molar-refractivity contribution is 0.198. The minimum absolute atomic E-state index is 0.416. The van der Waals surface area contributed by atoms with Crippen molar-refractivity contribution in [2.75, 3.05) is 31.6 Å². The van der Waals surface area contributed by atoms with E-state index in [0.717, 1.165) is 24.6 Å². The molecule has 2 saturated heterocycles. The molecule has 1 aromatic heterocycles. The Bertz CT molecular complexity index is 420. The van der Waals surface area contributed by atoms with Crippen LogP contribution in [0.1, 0.15) is 25.0 Å². The highest BCUT2D eigenvalue weighted by Crippen LogP contribution is 2.37. The largest absolute Gasteiger partial charge is 0.355 e. The van der Waals surface area contributed by atoms with Crippen LogP contribution in [-0.2, 0) is 0 Å². The average molecular weight is 232 g/mol. The van der Waals surface area contributed by atoms with Gasteiger partial charge < -0.3 is 4.90 Å². The third-order valence-electron chi connectivity index (χ3n) is 4.39. The fraction of sp³-hybridized carbons (Fsp3) is 0.692. The number of likely N-dealkylation sites (N-methyl/N-ethyl adjacent to an activating group) is 1. The Labute approximate surface area is 103 Å². The Morgan fingerprint density at radius 2 is 2.12 bits per heavy atom. The molecule has 2 aliphatic heterocycles. The molecule has 4 nitrogen and oxygen atoms in total. The quantitative estimate of drug-likeness (QED) is 0.734. The highest BCUT2D eigenvalue weighted by molar-refractivity contribution is 5.41. The Hall–Kier alpha value is -1.16. The number of aromatic nitrogens is 2.